The molecule has 6 heteroatoms. The van der Waals surface area contributed by atoms with Crippen LogP contribution >= 0.6 is 0 Å². The Hall–Kier alpha value is -3.15. The Morgan fingerprint density at radius 2 is 1.79 bits per heavy atom. The fourth-order valence-electron chi connectivity index (χ4n) is 2.61. The molecule has 0 aliphatic heterocycles. The predicted octanol–water partition coefficient (Wildman–Crippen LogP) is 4.78. The summed E-state index contributed by atoms with van der Waals surface area (Å²) in [6.45, 7) is 6.47. The summed E-state index contributed by atoms with van der Waals surface area (Å²) in [5.74, 6) is 0.258. The molecule has 2 rings (SSSR count). The molecule has 0 fully saturated rings. The number of esters is 1. The molecule has 148 valence electrons. The van der Waals surface area contributed by atoms with Crippen LogP contribution in [0.2, 0.25) is 0 Å². The molecule has 0 aromatic heterocycles. The molecule has 0 heterocycles. The highest BCUT2D eigenvalue weighted by atomic mass is 16.6. The first kappa shape index (κ1) is 21.2. The first-order chi connectivity index (χ1) is 13.2. The number of benzene rings is 2. The molecule has 0 atom stereocenters. The number of nitrogens with zero attached hydrogens (tertiary/aromatic N) is 1. The summed E-state index contributed by atoms with van der Waals surface area (Å²) in [4.78, 5) is 22.1. The van der Waals surface area contributed by atoms with Crippen molar-refractivity contribution in [3.05, 3.63) is 75.5 Å². The third kappa shape index (κ3) is 6.23. The quantitative estimate of drug-likeness (QED) is 0.298. The molecule has 0 unspecified atom stereocenters. The summed E-state index contributed by atoms with van der Waals surface area (Å²) in [5.41, 5.74) is 2.98. The molecule has 2 aromatic carbocycles. The van der Waals surface area contributed by atoms with Crippen LogP contribution in [0.15, 0.2) is 48.7 Å². The number of nitro groups is 1. The summed E-state index contributed by atoms with van der Waals surface area (Å²) >= 11 is 0. The van der Waals surface area contributed by atoms with Gasteiger partial charge in [-0.25, -0.2) is 0 Å². The van der Waals surface area contributed by atoms with Crippen LogP contribution in [-0.2, 0) is 16.6 Å². The Balaban J connectivity index is 1.98. The minimum Gasteiger partial charge on any atom is -0.493 e. The van der Waals surface area contributed by atoms with Gasteiger partial charge in [0, 0.05) is 12.5 Å². The fraction of sp³-hybridized carbons (Fsp3) is 0.318. The summed E-state index contributed by atoms with van der Waals surface area (Å²) in [7, 11) is 1.45. The van der Waals surface area contributed by atoms with Crippen molar-refractivity contribution in [3.63, 3.8) is 0 Å². The second-order valence-corrected chi connectivity index (χ2v) is 7.43. The monoisotopic (exact) mass is 383 g/mol. The van der Waals surface area contributed by atoms with Gasteiger partial charge in [0.1, 0.15) is 0 Å². The number of hydrogen-bond donors (Lipinski definition) is 0. The maximum absolute atomic E-state index is 12.2. The fourth-order valence-corrected chi connectivity index (χ4v) is 2.61. The maximum atomic E-state index is 12.2. The minimum atomic E-state index is -0.547. The lowest BCUT2D eigenvalue weighted by Gasteiger charge is -2.19. The van der Waals surface area contributed by atoms with Crippen molar-refractivity contribution in [1.82, 2.24) is 0 Å². The van der Waals surface area contributed by atoms with Crippen molar-refractivity contribution in [1.29, 1.82) is 0 Å². The molecule has 2 aromatic rings. The van der Waals surface area contributed by atoms with Crippen LogP contribution in [0.3, 0.4) is 0 Å². The number of rotatable bonds is 7. The van der Waals surface area contributed by atoms with E-state index in [1.807, 2.05) is 12.1 Å². The minimum absolute atomic E-state index is 0.0923. The molecule has 0 radical (unpaired) electrons. The summed E-state index contributed by atoms with van der Waals surface area (Å²) in [6.07, 6.45) is 3.00. The number of aryl methyl sites for hydroxylation is 1. The van der Waals surface area contributed by atoms with Gasteiger partial charge < -0.3 is 9.47 Å². The standard InChI is InChI=1S/C22H25NO5/c1-22(2,3)18-9-5-16(6-10-18)8-12-21(24)28-19-11-7-17(13-14-23(25)26)15-20(19)27-4/h5-7,9-11,13-15H,8,12H2,1-4H3/b14-13+. The van der Waals surface area contributed by atoms with Gasteiger partial charge in [-0.1, -0.05) is 51.1 Å². The van der Waals surface area contributed by atoms with E-state index >= 15 is 0 Å². The number of ether oxygens (including phenoxy) is 2. The second kappa shape index (κ2) is 9.17. The zero-order valence-electron chi connectivity index (χ0n) is 16.6. The lowest BCUT2D eigenvalue weighted by Crippen LogP contribution is -2.11. The average Bonchev–Trinajstić information content (AvgIpc) is 2.65. The number of carbonyl (C=O) groups excluding carboxylic acids is 1. The van der Waals surface area contributed by atoms with Crippen molar-refractivity contribution >= 4 is 12.0 Å². The highest BCUT2D eigenvalue weighted by Crippen LogP contribution is 2.29. The molecule has 0 saturated heterocycles. The van der Waals surface area contributed by atoms with Crippen LogP contribution in [0, 0.1) is 10.1 Å². The highest BCUT2D eigenvalue weighted by Gasteiger charge is 2.14. The highest BCUT2D eigenvalue weighted by molar-refractivity contribution is 5.74. The van der Waals surface area contributed by atoms with Crippen LogP contribution < -0.4 is 9.47 Å². The lowest BCUT2D eigenvalue weighted by molar-refractivity contribution is -0.400. The first-order valence-electron chi connectivity index (χ1n) is 8.99. The molecule has 0 N–H and O–H groups in total. The summed E-state index contributed by atoms with van der Waals surface area (Å²) < 4.78 is 10.6. The van der Waals surface area contributed by atoms with Crippen LogP contribution in [0.1, 0.15) is 43.9 Å². The Morgan fingerprint density at radius 1 is 1.11 bits per heavy atom. The third-order valence-corrected chi connectivity index (χ3v) is 4.24. The van der Waals surface area contributed by atoms with Gasteiger partial charge in [0.05, 0.1) is 12.0 Å². The van der Waals surface area contributed by atoms with E-state index in [9.17, 15) is 14.9 Å². The Labute approximate surface area is 164 Å². The molecule has 0 saturated carbocycles. The number of hydrogen-bond acceptors (Lipinski definition) is 5. The van der Waals surface area contributed by atoms with Crippen molar-refractivity contribution < 1.29 is 19.2 Å². The largest absolute Gasteiger partial charge is 0.493 e. The van der Waals surface area contributed by atoms with Crippen molar-refractivity contribution in [2.24, 2.45) is 0 Å². The van der Waals surface area contributed by atoms with E-state index in [0.717, 1.165) is 11.8 Å². The van der Waals surface area contributed by atoms with Gasteiger partial charge in [-0.3, -0.25) is 14.9 Å². The van der Waals surface area contributed by atoms with E-state index < -0.39 is 4.92 Å². The van der Waals surface area contributed by atoms with Gasteiger partial charge in [-0.15, -0.1) is 0 Å². The average molecular weight is 383 g/mol. The van der Waals surface area contributed by atoms with Gasteiger partial charge in [0.15, 0.2) is 11.5 Å². The zero-order valence-corrected chi connectivity index (χ0v) is 16.6. The first-order valence-corrected chi connectivity index (χ1v) is 8.99. The van der Waals surface area contributed by atoms with Crippen LogP contribution in [0.4, 0.5) is 0 Å². The predicted molar refractivity (Wildman–Crippen MR) is 108 cm³/mol. The normalized spacial score (nSPS) is 11.4. The Kier molecular flexibility index (Phi) is 6.93. The van der Waals surface area contributed by atoms with E-state index in [0.29, 0.717) is 17.7 Å². The van der Waals surface area contributed by atoms with Crippen LogP contribution in [0.5, 0.6) is 11.5 Å². The third-order valence-electron chi connectivity index (χ3n) is 4.24. The topological polar surface area (TPSA) is 78.7 Å². The maximum Gasteiger partial charge on any atom is 0.311 e. The van der Waals surface area contributed by atoms with Gasteiger partial charge >= 0.3 is 5.97 Å². The molecular formula is C22H25NO5. The molecule has 0 bridgehead atoms. The number of methoxy groups -OCH3 is 1. The molecule has 0 aliphatic rings. The Bertz CT molecular complexity index is 863. The van der Waals surface area contributed by atoms with Crippen molar-refractivity contribution in [2.75, 3.05) is 7.11 Å². The smallest absolute Gasteiger partial charge is 0.311 e. The van der Waals surface area contributed by atoms with E-state index in [-0.39, 0.29) is 23.6 Å². The van der Waals surface area contributed by atoms with Gasteiger partial charge in [-0.05, 0) is 40.7 Å². The summed E-state index contributed by atoms with van der Waals surface area (Å²) in [5, 5.41) is 10.4. The SMILES string of the molecule is COc1cc(/C=C/[N+](=O)[O-])ccc1OC(=O)CCc1ccc(C(C)(C)C)cc1. The molecular weight excluding hydrogens is 358 g/mol. The van der Waals surface area contributed by atoms with Crippen LogP contribution in [-0.4, -0.2) is 18.0 Å². The molecule has 0 amide bonds. The molecule has 0 aliphatic carbocycles. The Morgan fingerprint density at radius 3 is 2.36 bits per heavy atom. The van der Waals surface area contributed by atoms with E-state index in [4.69, 9.17) is 9.47 Å². The number of carbonyl (C=O) groups is 1. The van der Waals surface area contributed by atoms with Gasteiger partial charge in [0.2, 0.25) is 6.20 Å². The summed E-state index contributed by atoms with van der Waals surface area (Å²) in [6, 6.07) is 13.0. The molecule has 0 spiro atoms. The second-order valence-electron chi connectivity index (χ2n) is 7.43. The van der Waals surface area contributed by atoms with E-state index in [1.165, 1.54) is 18.7 Å². The van der Waals surface area contributed by atoms with Gasteiger partial charge in [-0.2, -0.15) is 0 Å². The van der Waals surface area contributed by atoms with Gasteiger partial charge in [0.25, 0.3) is 0 Å². The van der Waals surface area contributed by atoms with Crippen LogP contribution in [0.25, 0.3) is 6.08 Å². The lowest BCUT2D eigenvalue weighted by atomic mass is 9.86. The van der Waals surface area contributed by atoms with Crippen molar-refractivity contribution in [2.45, 2.75) is 39.0 Å². The van der Waals surface area contributed by atoms with E-state index in [2.05, 4.69) is 32.9 Å². The molecule has 6 nitrogen and oxygen atoms in total. The zero-order chi connectivity index (χ0) is 20.7. The van der Waals surface area contributed by atoms with E-state index in [1.54, 1.807) is 18.2 Å². The van der Waals surface area contributed by atoms with Crippen molar-refractivity contribution in [3.8, 4) is 11.5 Å². The molecule has 28 heavy (non-hydrogen) atoms.